The summed E-state index contributed by atoms with van der Waals surface area (Å²) in [6.07, 6.45) is -6.69. The van der Waals surface area contributed by atoms with Gasteiger partial charge in [-0.1, -0.05) is 0 Å². The van der Waals surface area contributed by atoms with E-state index in [1.54, 1.807) is 0 Å². The third-order valence-corrected chi connectivity index (χ3v) is 2.70. The third-order valence-electron chi connectivity index (χ3n) is 2.70. The Morgan fingerprint density at radius 1 is 1.27 bits per heavy atom. The maximum atomic E-state index is 12.8. The lowest BCUT2D eigenvalue weighted by molar-refractivity contribution is -0.140. The summed E-state index contributed by atoms with van der Waals surface area (Å²) in [4.78, 5) is 11.9. The van der Waals surface area contributed by atoms with Gasteiger partial charge in [0.1, 0.15) is 11.4 Å². The van der Waals surface area contributed by atoms with Gasteiger partial charge in [0.25, 0.3) is 12.3 Å². The van der Waals surface area contributed by atoms with E-state index < -0.39 is 35.6 Å². The Hall–Kier alpha value is -2.46. The number of alkyl halides is 5. The number of hydrogen-bond acceptors (Lipinski definition) is 3. The van der Waals surface area contributed by atoms with Crippen LogP contribution in [-0.4, -0.2) is 25.5 Å². The predicted octanol–water partition coefficient (Wildman–Crippen LogP) is 2.36. The van der Waals surface area contributed by atoms with Crippen LogP contribution in [0, 0.1) is 0 Å². The summed E-state index contributed by atoms with van der Waals surface area (Å²) in [6, 6.07) is 0.809. The number of halogens is 5. The SMILES string of the molecule is Cn1cc(NC(=O)c2cc(C(F)F)nn2C)c(C(F)(F)F)n1. The summed E-state index contributed by atoms with van der Waals surface area (Å²) in [5.41, 5.74) is -2.79. The van der Waals surface area contributed by atoms with E-state index in [0.29, 0.717) is 0 Å². The van der Waals surface area contributed by atoms with E-state index in [2.05, 4.69) is 10.2 Å². The van der Waals surface area contributed by atoms with Gasteiger partial charge in [-0.2, -0.15) is 23.4 Å². The number of rotatable bonds is 3. The fraction of sp³-hybridized carbons (Fsp3) is 0.364. The Bertz CT molecular complexity index is 702. The summed E-state index contributed by atoms with van der Waals surface area (Å²) >= 11 is 0. The van der Waals surface area contributed by atoms with Crippen molar-refractivity contribution in [3.8, 4) is 0 Å². The maximum Gasteiger partial charge on any atom is 0.437 e. The van der Waals surface area contributed by atoms with Gasteiger partial charge in [0.2, 0.25) is 0 Å². The molecule has 120 valence electrons. The second-order valence-corrected chi connectivity index (χ2v) is 4.40. The minimum atomic E-state index is -4.76. The van der Waals surface area contributed by atoms with Crippen LogP contribution in [0.1, 0.15) is 28.3 Å². The molecule has 0 radical (unpaired) electrons. The second-order valence-electron chi connectivity index (χ2n) is 4.40. The molecule has 0 spiro atoms. The van der Waals surface area contributed by atoms with Crippen molar-refractivity contribution in [2.45, 2.75) is 12.6 Å². The van der Waals surface area contributed by atoms with Gasteiger partial charge in [-0.3, -0.25) is 14.2 Å². The molecule has 0 aromatic carbocycles. The lowest BCUT2D eigenvalue weighted by Gasteiger charge is -2.07. The van der Waals surface area contributed by atoms with Crippen molar-refractivity contribution in [1.82, 2.24) is 19.6 Å². The summed E-state index contributed by atoms with van der Waals surface area (Å²) in [5, 5.41) is 8.63. The van der Waals surface area contributed by atoms with Crippen molar-refractivity contribution >= 4 is 11.6 Å². The van der Waals surface area contributed by atoms with Crippen LogP contribution in [0.5, 0.6) is 0 Å². The normalized spacial score (nSPS) is 12.0. The van der Waals surface area contributed by atoms with E-state index in [0.717, 1.165) is 21.6 Å². The predicted molar refractivity (Wildman–Crippen MR) is 64.3 cm³/mol. The summed E-state index contributed by atoms with van der Waals surface area (Å²) in [5.74, 6) is -1.000. The number of nitrogens with zero attached hydrogens (tertiary/aromatic N) is 4. The summed E-state index contributed by atoms with van der Waals surface area (Å²) in [7, 11) is 2.48. The molecule has 0 atom stereocenters. The molecule has 0 aliphatic heterocycles. The molecule has 0 unspecified atom stereocenters. The molecule has 2 aromatic rings. The van der Waals surface area contributed by atoms with Crippen molar-refractivity contribution in [2.24, 2.45) is 14.1 Å². The number of hydrogen-bond donors (Lipinski definition) is 1. The maximum absolute atomic E-state index is 12.8. The largest absolute Gasteiger partial charge is 0.437 e. The average molecular weight is 323 g/mol. The molecule has 22 heavy (non-hydrogen) atoms. The second kappa shape index (κ2) is 5.39. The Labute approximate surface area is 120 Å². The van der Waals surface area contributed by atoms with Gasteiger partial charge >= 0.3 is 6.18 Å². The van der Waals surface area contributed by atoms with Gasteiger partial charge in [-0.25, -0.2) is 8.78 Å². The van der Waals surface area contributed by atoms with Crippen molar-refractivity contribution in [2.75, 3.05) is 5.32 Å². The Kier molecular flexibility index (Phi) is 3.90. The van der Waals surface area contributed by atoms with Crippen LogP contribution in [0.2, 0.25) is 0 Å². The van der Waals surface area contributed by atoms with Gasteiger partial charge in [-0.15, -0.1) is 0 Å². The van der Waals surface area contributed by atoms with Crippen LogP contribution in [0.4, 0.5) is 27.6 Å². The fourth-order valence-corrected chi connectivity index (χ4v) is 1.78. The molecule has 0 saturated carbocycles. The van der Waals surface area contributed by atoms with E-state index in [1.165, 1.54) is 14.1 Å². The van der Waals surface area contributed by atoms with E-state index in [1.807, 2.05) is 5.32 Å². The topological polar surface area (TPSA) is 64.7 Å². The van der Waals surface area contributed by atoms with E-state index in [4.69, 9.17) is 0 Å². The molecule has 0 fully saturated rings. The minimum Gasteiger partial charge on any atom is -0.317 e. The fourth-order valence-electron chi connectivity index (χ4n) is 1.78. The van der Waals surface area contributed by atoms with Crippen LogP contribution >= 0.6 is 0 Å². The highest BCUT2D eigenvalue weighted by atomic mass is 19.4. The van der Waals surface area contributed by atoms with Crippen LogP contribution in [0.3, 0.4) is 0 Å². The summed E-state index contributed by atoms with van der Waals surface area (Å²) < 4.78 is 65.0. The zero-order valence-electron chi connectivity index (χ0n) is 11.3. The minimum absolute atomic E-state index is 0.299. The number of carbonyl (C=O) groups excluding carboxylic acids is 1. The Morgan fingerprint density at radius 3 is 2.41 bits per heavy atom. The van der Waals surface area contributed by atoms with Gasteiger partial charge in [0.05, 0.1) is 5.69 Å². The highest BCUT2D eigenvalue weighted by Gasteiger charge is 2.37. The molecule has 2 aromatic heterocycles. The molecule has 0 bridgehead atoms. The Morgan fingerprint density at radius 2 is 1.91 bits per heavy atom. The van der Waals surface area contributed by atoms with E-state index in [-0.39, 0.29) is 5.69 Å². The smallest absolute Gasteiger partial charge is 0.317 e. The van der Waals surface area contributed by atoms with Gasteiger partial charge < -0.3 is 5.32 Å². The number of aromatic nitrogens is 4. The average Bonchev–Trinajstić information content (AvgIpc) is 2.92. The van der Waals surface area contributed by atoms with Crippen LogP contribution in [0.25, 0.3) is 0 Å². The molecule has 0 aliphatic carbocycles. The van der Waals surface area contributed by atoms with E-state index in [9.17, 15) is 26.7 Å². The van der Waals surface area contributed by atoms with Crippen molar-refractivity contribution < 1.29 is 26.7 Å². The van der Waals surface area contributed by atoms with Gasteiger partial charge in [-0.05, 0) is 6.07 Å². The van der Waals surface area contributed by atoms with E-state index >= 15 is 0 Å². The lowest BCUT2D eigenvalue weighted by Crippen LogP contribution is -2.18. The zero-order valence-corrected chi connectivity index (χ0v) is 11.3. The van der Waals surface area contributed by atoms with Crippen molar-refractivity contribution in [3.63, 3.8) is 0 Å². The van der Waals surface area contributed by atoms with Crippen LogP contribution < -0.4 is 5.32 Å². The number of carbonyl (C=O) groups is 1. The van der Waals surface area contributed by atoms with Gasteiger partial charge in [0, 0.05) is 20.3 Å². The number of nitrogens with one attached hydrogen (secondary N) is 1. The van der Waals surface area contributed by atoms with Crippen LogP contribution in [-0.2, 0) is 20.3 Å². The van der Waals surface area contributed by atoms with Crippen LogP contribution in [0.15, 0.2) is 12.3 Å². The third kappa shape index (κ3) is 3.07. The molecule has 2 heterocycles. The molecule has 2 rings (SSSR count). The van der Waals surface area contributed by atoms with Gasteiger partial charge in [0.15, 0.2) is 5.69 Å². The first kappa shape index (κ1) is 15.9. The molecule has 0 saturated heterocycles. The standard InChI is InChI=1S/C11H10F5N5O/c1-20-4-6(8(19-20)11(14,15)16)17-10(22)7-3-5(9(12)13)18-21(7)2/h3-4,9H,1-2H3,(H,17,22). The Balaban J connectivity index is 2.30. The summed E-state index contributed by atoms with van der Waals surface area (Å²) in [6.45, 7) is 0. The highest BCUT2D eigenvalue weighted by Crippen LogP contribution is 2.33. The molecule has 1 N–H and O–H groups in total. The molecular formula is C11H10F5N5O. The first-order chi connectivity index (χ1) is 10.1. The number of aryl methyl sites for hydroxylation is 2. The number of amides is 1. The van der Waals surface area contributed by atoms with Crippen molar-refractivity contribution in [1.29, 1.82) is 0 Å². The molecule has 0 aliphatic rings. The monoisotopic (exact) mass is 323 g/mol. The first-order valence-corrected chi connectivity index (χ1v) is 5.84. The molecule has 6 nitrogen and oxygen atoms in total. The first-order valence-electron chi connectivity index (χ1n) is 5.84. The lowest BCUT2D eigenvalue weighted by atomic mass is 10.3. The molecule has 11 heteroatoms. The number of anilines is 1. The molecule has 1 amide bonds. The zero-order chi connectivity index (χ0) is 16.7. The quantitative estimate of drug-likeness (QED) is 0.882. The highest BCUT2D eigenvalue weighted by molar-refractivity contribution is 6.03. The van der Waals surface area contributed by atoms with Crippen molar-refractivity contribution in [3.05, 3.63) is 29.3 Å². The molecular weight excluding hydrogens is 313 g/mol.